The van der Waals surface area contributed by atoms with E-state index in [4.69, 9.17) is 4.74 Å². The fourth-order valence-electron chi connectivity index (χ4n) is 4.41. The van der Waals surface area contributed by atoms with E-state index in [-0.39, 0.29) is 5.69 Å². The monoisotopic (exact) mass is 399 g/mol. The number of methoxy groups -OCH3 is 1. The molecule has 0 aliphatic carbocycles. The number of carbonyl (C=O) groups excluding carboxylic acids is 1. The molecule has 1 heterocycles. The summed E-state index contributed by atoms with van der Waals surface area (Å²) in [6, 6.07) is 13.6. The van der Waals surface area contributed by atoms with Crippen LogP contribution in [0.4, 0.5) is 5.69 Å². The Morgan fingerprint density at radius 1 is 1.00 bits per heavy atom. The average molecular weight is 399 g/mol. The van der Waals surface area contributed by atoms with Crippen LogP contribution in [0.25, 0.3) is 0 Å². The minimum atomic E-state index is -1.62. The smallest absolute Gasteiger partial charge is 0.326 e. The summed E-state index contributed by atoms with van der Waals surface area (Å²) in [5.41, 5.74) is -2.09. The van der Waals surface area contributed by atoms with Crippen molar-refractivity contribution in [3.8, 4) is 0 Å². The van der Waals surface area contributed by atoms with Gasteiger partial charge in [0, 0.05) is 24.0 Å². The molecule has 152 valence electrons. The van der Waals surface area contributed by atoms with Crippen LogP contribution in [-0.2, 0) is 9.53 Å². The van der Waals surface area contributed by atoms with E-state index in [1.807, 2.05) is 0 Å². The maximum Gasteiger partial charge on any atom is 0.326 e. The van der Waals surface area contributed by atoms with Crippen LogP contribution >= 0.6 is 0 Å². The molecule has 0 amide bonds. The van der Waals surface area contributed by atoms with Gasteiger partial charge in [-0.1, -0.05) is 42.5 Å². The summed E-state index contributed by atoms with van der Waals surface area (Å²) >= 11 is 0. The molecule has 9 nitrogen and oxygen atoms in total. The van der Waals surface area contributed by atoms with Crippen LogP contribution in [0, 0.1) is 20.2 Å². The van der Waals surface area contributed by atoms with Crippen molar-refractivity contribution in [2.45, 2.75) is 36.9 Å². The molecular weight excluding hydrogens is 378 g/mol. The van der Waals surface area contributed by atoms with Crippen LogP contribution < -0.4 is 5.32 Å². The number of non-ortho nitro benzene ring substituents is 1. The molecule has 29 heavy (non-hydrogen) atoms. The zero-order valence-corrected chi connectivity index (χ0v) is 16.2. The Kier molecular flexibility index (Phi) is 5.10. The van der Waals surface area contributed by atoms with Crippen LogP contribution in [0.15, 0.2) is 54.6 Å². The number of nitrogens with one attached hydrogen (secondary N) is 1. The van der Waals surface area contributed by atoms with E-state index in [9.17, 15) is 25.0 Å². The number of carbonyl (C=O) groups is 1. The van der Waals surface area contributed by atoms with Crippen molar-refractivity contribution in [1.82, 2.24) is 5.32 Å². The molecule has 3 rings (SSSR count). The highest BCUT2D eigenvalue weighted by Gasteiger charge is 2.69. The standard InChI is InChI=1S/C20H21N3O6/c1-19(18(24)29-3)16(13-9-11-15(12-10-13)22(25)26)20(2,23(27)28)17(21-19)14-7-5-4-6-8-14/h4-12,16-17,21H,1-3H3/t16-,17+,19+,20+/m1/s1. The number of benzene rings is 2. The average Bonchev–Trinajstić information content (AvgIpc) is 2.97. The predicted octanol–water partition coefficient (Wildman–Crippen LogP) is 2.99. The molecule has 0 saturated carbocycles. The fourth-order valence-corrected chi connectivity index (χ4v) is 4.41. The van der Waals surface area contributed by atoms with Gasteiger partial charge in [-0.3, -0.25) is 30.3 Å². The number of ether oxygens (including phenoxy) is 1. The van der Waals surface area contributed by atoms with Gasteiger partial charge >= 0.3 is 5.97 Å². The molecule has 1 N–H and O–H groups in total. The highest BCUT2D eigenvalue weighted by atomic mass is 16.6. The molecule has 2 aromatic rings. The Morgan fingerprint density at radius 3 is 2.07 bits per heavy atom. The van der Waals surface area contributed by atoms with E-state index in [0.717, 1.165) is 0 Å². The van der Waals surface area contributed by atoms with Gasteiger partial charge in [-0.15, -0.1) is 0 Å². The molecule has 1 aliphatic heterocycles. The minimum Gasteiger partial charge on any atom is -0.468 e. The van der Waals surface area contributed by atoms with Crippen molar-refractivity contribution >= 4 is 11.7 Å². The summed E-state index contributed by atoms with van der Waals surface area (Å²) in [6.07, 6.45) is 0. The Balaban J connectivity index is 2.23. The van der Waals surface area contributed by atoms with E-state index in [1.165, 1.54) is 38.3 Å². The Hall–Kier alpha value is -3.33. The third-order valence-electron chi connectivity index (χ3n) is 5.76. The molecule has 1 aliphatic rings. The highest BCUT2D eigenvalue weighted by molar-refractivity contribution is 5.83. The van der Waals surface area contributed by atoms with Crippen molar-refractivity contribution in [1.29, 1.82) is 0 Å². The van der Waals surface area contributed by atoms with E-state index >= 15 is 0 Å². The van der Waals surface area contributed by atoms with Gasteiger partial charge in [0.25, 0.3) is 5.69 Å². The van der Waals surface area contributed by atoms with Gasteiger partial charge in [-0.2, -0.15) is 0 Å². The minimum absolute atomic E-state index is 0.137. The normalized spacial score (nSPS) is 28.7. The van der Waals surface area contributed by atoms with Gasteiger partial charge in [0.15, 0.2) is 0 Å². The van der Waals surface area contributed by atoms with Crippen molar-refractivity contribution in [3.05, 3.63) is 86.0 Å². The lowest BCUT2D eigenvalue weighted by Gasteiger charge is -2.32. The van der Waals surface area contributed by atoms with Gasteiger partial charge in [0.1, 0.15) is 11.6 Å². The zero-order valence-electron chi connectivity index (χ0n) is 16.2. The first-order valence-electron chi connectivity index (χ1n) is 8.96. The molecule has 0 spiro atoms. The number of hydrogen-bond donors (Lipinski definition) is 1. The number of nitrogens with zero attached hydrogens (tertiary/aromatic N) is 2. The third kappa shape index (κ3) is 3.13. The summed E-state index contributed by atoms with van der Waals surface area (Å²) in [7, 11) is 1.22. The number of nitro benzene ring substituents is 1. The van der Waals surface area contributed by atoms with Gasteiger partial charge in [-0.05, 0) is 18.1 Å². The molecule has 2 aromatic carbocycles. The first kappa shape index (κ1) is 20.4. The Bertz CT molecular complexity index is 948. The molecule has 4 atom stereocenters. The van der Waals surface area contributed by atoms with Crippen molar-refractivity contribution in [2.75, 3.05) is 7.11 Å². The lowest BCUT2D eigenvalue weighted by Crippen LogP contribution is -2.51. The molecule has 0 aromatic heterocycles. The van der Waals surface area contributed by atoms with Crippen LogP contribution in [0.1, 0.15) is 36.9 Å². The van der Waals surface area contributed by atoms with E-state index in [0.29, 0.717) is 11.1 Å². The van der Waals surface area contributed by atoms with E-state index in [2.05, 4.69) is 5.32 Å². The summed E-state index contributed by atoms with van der Waals surface area (Å²) in [5, 5.41) is 26.5. The van der Waals surface area contributed by atoms with Gasteiger partial charge in [0.05, 0.1) is 18.0 Å². The molecule has 1 fully saturated rings. The number of nitro groups is 2. The number of esters is 1. The molecule has 9 heteroatoms. The van der Waals surface area contributed by atoms with E-state index in [1.54, 1.807) is 37.3 Å². The highest BCUT2D eigenvalue weighted by Crippen LogP contribution is 2.53. The van der Waals surface area contributed by atoms with Crippen LogP contribution in [0.2, 0.25) is 0 Å². The van der Waals surface area contributed by atoms with Gasteiger partial charge in [-0.25, -0.2) is 0 Å². The molecule has 0 bridgehead atoms. The van der Waals surface area contributed by atoms with Crippen LogP contribution in [0.3, 0.4) is 0 Å². The first-order valence-corrected chi connectivity index (χ1v) is 8.96. The fraction of sp³-hybridized carbons (Fsp3) is 0.350. The first-order chi connectivity index (χ1) is 13.7. The lowest BCUT2D eigenvalue weighted by atomic mass is 9.70. The summed E-state index contributed by atoms with van der Waals surface area (Å²) in [6.45, 7) is 3.05. The van der Waals surface area contributed by atoms with Crippen molar-refractivity contribution in [2.24, 2.45) is 0 Å². The SMILES string of the molecule is COC(=O)[C@@]1(C)N[C@@H](c2ccccc2)[C@@](C)([N+](=O)[O-])[C@@H]1c1ccc([N+](=O)[O-])cc1. The summed E-state index contributed by atoms with van der Waals surface area (Å²) in [4.78, 5) is 35.2. The van der Waals surface area contributed by atoms with E-state index < -0.39 is 38.9 Å². The van der Waals surface area contributed by atoms with Crippen molar-refractivity contribution in [3.63, 3.8) is 0 Å². The lowest BCUT2D eigenvalue weighted by molar-refractivity contribution is -0.571. The zero-order chi connectivity index (χ0) is 21.4. The Morgan fingerprint density at radius 2 is 1.59 bits per heavy atom. The maximum atomic E-state index is 12.8. The third-order valence-corrected chi connectivity index (χ3v) is 5.76. The number of rotatable bonds is 5. The predicted molar refractivity (Wildman–Crippen MR) is 104 cm³/mol. The van der Waals surface area contributed by atoms with Crippen LogP contribution in [0.5, 0.6) is 0 Å². The van der Waals surface area contributed by atoms with Gasteiger partial charge < -0.3 is 4.74 Å². The molecule has 1 saturated heterocycles. The van der Waals surface area contributed by atoms with Crippen LogP contribution in [-0.4, -0.2) is 34.0 Å². The quantitative estimate of drug-likeness (QED) is 0.465. The summed E-state index contributed by atoms with van der Waals surface area (Å²) in [5.74, 6) is -1.59. The second kappa shape index (κ2) is 7.25. The largest absolute Gasteiger partial charge is 0.468 e. The Labute approximate surface area is 167 Å². The maximum absolute atomic E-state index is 12.8. The summed E-state index contributed by atoms with van der Waals surface area (Å²) < 4.78 is 4.98. The van der Waals surface area contributed by atoms with Gasteiger partial charge in [0.2, 0.25) is 5.54 Å². The molecule has 0 radical (unpaired) electrons. The molecule has 0 unspecified atom stereocenters. The topological polar surface area (TPSA) is 125 Å². The number of hydrogen-bond acceptors (Lipinski definition) is 7. The van der Waals surface area contributed by atoms with Crippen molar-refractivity contribution < 1.29 is 19.4 Å². The second-order valence-electron chi connectivity index (χ2n) is 7.45. The molecular formula is C20H21N3O6. The second-order valence-corrected chi connectivity index (χ2v) is 7.45.